The maximum atomic E-state index is 10.6. The maximum Gasteiger partial charge on any atom is 0.324 e. The highest BCUT2D eigenvalue weighted by molar-refractivity contribution is 7.16. The fourth-order valence-electron chi connectivity index (χ4n) is 2.97. The van der Waals surface area contributed by atoms with Gasteiger partial charge in [-0.15, -0.1) is 0 Å². The molecule has 0 spiro atoms. The summed E-state index contributed by atoms with van der Waals surface area (Å²) in [5.74, 6) is 1.66. The zero-order valence-electron chi connectivity index (χ0n) is 8.89. The molecule has 0 amide bonds. The van der Waals surface area contributed by atoms with Crippen molar-refractivity contribution in [1.29, 1.82) is 0 Å². The van der Waals surface area contributed by atoms with Crippen molar-refractivity contribution in [2.45, 2.75) is 25.7 Å². The molecule has 16 heavy (non-hydrogen) atoms. The van der Waals surface area contributed by atoms with Crippen LogP contribution in [0.1, 0.15) is 30.6 Å². The van der Waals surface area contributed by atoms with Crippen molar-refractivity contribution in [3.05, 3.63) is 32.7 Å². The molecule has 3 rings (SSSR count). The highest BCUT2D eigenvalue weighted by Crippen LogP contribution is 2.48. The predicted octanol–water partition coefficient (Wildman–Crippen LogP) is 3.86. The second-order valence-electron chi connectivity index (χ2n) is 4.73. The summed E-state index contributed by atoms with van der Waals surface area (Å²) in [6, 6.07) is 3.46. The second-order valence-corrected chi connectivity index (χ2v) is 5.83. The summed E-state index contributed by atoms with van der Waals surface area (Å²) in [6.07, 6.45) is 7.45. The molecule has 0 unspecified atom stereocenters. The summed E-state index contributed by atoms with van der Waals surface area (Å²) in [7, 11) is 0. The van der Waals surface area contributed by atoms with Crippen molar-refractivity contribution in [1.82, 2.24) is 0 Å². The lowest BCUT2D eigenvalue weighted by molar-refractivity contribution is -0.380. The summed E-state index contributed by atoms with van der Waals surface area (Å²) in [4.78, 5) is 11.3. The Morgan fingerprint density at radius 1 is 1.44 bits per heavy atom. The van der Waals surface area contributed by atoms with Gasteiger partial charge in [-0.1, -0.05) is 16.9 Å². The molecule has 2 atom stereocenters. The van der Waals surface area contributed by atoms with E-state index in [4.69, 9.17) is 0 Å². The van der Waals surface area contributed by atoms with Crippen LogP contribution in [0.3, 0.4) is 0 Å². The molecule has 1 aromatic rings. The van der Waals surface area contributed by atoms with Crippen LogP contribution in [0.4, 0.5) is 5.00 Å². The summed E-state index contributed by atoms with van der Waals surface area (Å²) >= 11 is 1.28. The largest absolute Gasteiger partial charge is 0.324 e. The van der Waals surface area contributed by atoms with Gasteiger partial charge in [-0.2, -0.15) is 0 Å². The number of nitrogens with zero attached hydrogens (tertiary/aromatic N) is 1. The van der Waals surface area contributed by atoms with Crippen molar-refractivity contribution in [2.24, 2.45) is 11.8 Å². The van der Waals surface area contributed by atoms with E-state index in [1.807, 2.05) is 6.07 Å². The average Bonchev–Trinajstić information content (AvgIpc) is 2.91. The molecule has 2 bridgehead atoms. The van der Waals surface area contributed by atoms with Crippen LogP contribution in [0.15, 0.2) is 17.7 Å². The first-order chi connectivity index (χ1) is 7.72. The Labute approximate surface area is 97.9 Å². The van der Waals surface area contributed by atoms with Gasteiger partial charge in [0.05, 0.1) is 4.92 Å². The van der Waals surface area contributed by atoms with Crippen molar-refractivity contribution < 1.29 is 4.92 Å². The monoisotopic (exact) mass is 235 g/mol. The van der Waals surface area contributed by atoms with E-state index in [1.54, 1.807) is 6.07 Å². The first-order valence-electron chi connectivity index (χ1n) is 5.67. The number of allylic oxidation sites excluding steroid dienone is 1. The van der Waals surface area contributed by atoms with E-state index < -0.39 is 0 Å². The van der Waals surface area contributed by atoms with Gasteiger partial charge in [-0.25, -0.2) is 0 Å². The van der Waals surface area contributed by atoms with Crippen molar-refractivity contribution in [3.8, 4) is 0 Å². The molecule has 1 aromatic heterocycles. The van der Waals surface area contributed by atoms with Gasteiger partial charge in [0.1, 0.15) is 0 Å². The normalized spacial score (nSPS) is 30.1. The molecular weight excluding hydrogens is 222 g/mol. The van der Waals surface area contributed by atoms with Crippen molar-refractivity contribution >= 4 is 22.4 Å². The van der Waals surface area contributed by atoms with Crippen molar-refractivity contribution in [3.63, 3.8) is 0 Å². The third-order valence-electron chi connectivity index (χ3n) is 3.71. The van der Waals surface area contributed by atoms with Gasteiger partial charge < -0.3 is 0 Å². The zero-order valence-corrected chi connectivity index (χ0v) is 9.70. The summed E-state index contributed by atoms with van der Waals surface area (Å²) in [5.41, 5.74) is 1.52. The van der Waals surface area contributed by atoms with Crippen LogP contribution in [0, 0.1) is 22.0 Å². The first kappa shape index (κ1) is 10.0. The number of thiophene rings is 1. The Hall–Kier alpha value is -1.16. The van der Waals surface area contributed by atoms with Crippen LogP contribution in [-0.2, 0) is 0 Å². The average molecular weight is 235 g/mol. The topological polar surface area (TPSA) is 43.1 Å². The van der Waals surface area contributed by atoms with Gasteiger partial charge in [-0.05, 0) is 49.7 Å². The predicted molar refractivity (Wildman–Crippen MR) is 64.4 cm³/mol. The summed E-state index contributed by atoms with van der Waals surface area (Å²) in [6.45, 7) is 0. The number of nitro groups is 1. The van der Waals surface area contributed by atoms with Crippen LogP contribution in [0.25, 0.3) is 6.08 Å². The molecule has 2 fully saturated rings. The Morgan fingerprint density at radius 3 is 2.88 bits per heavy atom. The van der Waals surface area contributed by atoms with E-state index in [0.717, 1.165) is 16.7 Å². The number of fused-ring (bicyclic) bond motifs is 2. The minimum atomic E-state index is -0.312. The standard InChI is InChI=1S/C12H13NO2S/c14-13(15)12-4-3-11(16-12)7-10-6-8-1-2-9(10)5-8/h3-4,7-9H,1-2,5-6H2/b10-7+/t8-,9+/m1/s1. The Kier molecular flexibility index (Phi) is 2.32. The highest BCUT2D eigenvalue weighted by atomic mass is 32.1. The van der Waals surface area contributed by atoms with Crippen LogP contribution in [0.5, 0.6) is 0 Å². The SMILES string of the molecule is O=[N+]([O-])c1ccc(/C=C2\C[C@@H]3CC[C@H]2C3)s1. The van der Waals surface area contributed by atoms with E-state index in [0.29, 0.717) is 0 Å². The molecule has 4 heteroatoms. The van der Waals surface area contributed by atoms with E-state index in [1.165, 1.54) is 42.6 Å². The fraction of sp³-hybridized carbons (Fsp3) is 0.500. The van der Waals surface area contributed by atoms with Crippen LogP contribution in [0.2, 0.25) is 0 Å². The third kappa shape index (κ3) is 1.67. The van der Waals surface area contributed by atoms with Crippen LogP contribution in [-0.4, -0.2) is 4.92 Å². The van der Waals surface area contributed by atoms with Gasteiger partial charge in [0.15, 0.2) is 0 Å². The molecule has 2 aliphatic rings. The van der Waals surface area contributed by atoms with E-state index in [-0.39, 0.29) is 9.92 Å². The van der Waals surface area contributed by atoms with E-state index >= 15 is 0 Å². The van der Waals surface area contributed by atoms with Gasteiger partial charge in [0.25, 0.3) is 0 Å². The van der Waals surface area contributed by atoms with Gasteiger partial charge >= 0.3 is 5.00 Å². The molecule has 0 aliphatic heterocycles. The highest BCUT2D eigenvalue weighted by Gasteiger charge is 2.35. The number of rotatable bonds is 2. The number of hydrogen-bond acceptors (Lipinski definition) is 3. The lowest BCUT2D eigenvalue weighted by atomic mass is 9.94. The minimum absolute atomic E-state index is 0.245. The number of hydrogen-bond donors (Lipinski definition) is 0. The Balaban J connectivity index is 1.83. The maximum absolute atomic E-state index is 10.6. The molecule has 2 aliphatic carbocycles. The van der Waals surface area contributed by atoms with E-state index in [2.05, 4.69) is 6.08 Å². The molecule has 0 saturated heterocycles. The van der Waals surface area contributed by atoms with Crippen LogP contribution >= 0.6 is 11.3 Å². The smallest absolute Gasteiger partial charge is 0.258 e. The van der Waals surface area contributed by atoms with Gasteiger partial charge in [0, 0.05) is 10.9 Å². The van der Waals surface area contributed by atoms with Gasteiger partial charge in [0.2, 0.25) is 0 Å². The molecular formula is C12H13NO2S. The quantitative estimate of drug-likeness (QED) is 0.577. The molecule has 1 heterocycles. The molecule has 0 aromatic carbocycles. The molecule has 0 radical (unpaired) electrons. The zero-order chi connectivity index (χ0) is 11.1. The van der Waals surface area contributed by atoms with Crippen molar-refractivity contribution in [2.75, 3.05) is 0 Å². The molecule has 84 valence electrons. The molecule has 2 saturated carbocycles. The van der Waals surface area contributed by atoms with E-state index in [9.17, 15) is 10.1 Å². The lowest BCUT2D eigenvalue weighted by Crippen LogP contribution is -1.97. The van der Waals surface area contributed by atoms with Gasteiger partial charge in [-0.3, -0.25) is 10.1 Å². The second kappa shape index (κ2) is 3.70. The Bertz CT molecular complexity index is 463. The third-order valence-corrected chi connectivity index (χ3v) is 4.69. The first-order valence-corrected chi connectivity index (χ1v) is 6.49. The Morgan fingerprint density at radius 2 is 2.31 bits per heavy atom. The summed E-state index contributed by atoms with van der Waals surface area (Å²) in [5, 5.41) is 10.8. The summed E-state index contributed by atoms with van der Waals surface area (Å²) < 4.78 is 0. The fourth-order valence-corrected chi connectivity index (χ4v) is 3.77. The molecule has 3 nitrogen and oxygen atoms in total. The molecule has 0 N–H and O–H groups in total. The minimum Gasteiger partial charge on any atom is -0.258 e. The lowest BCUT2D eigenvalue weighted by Gasteiger charge is -2.12. The van der Waals surface area contributed by atoms with Crippen LogP contribution < -0.4 is 0 Å².